The van der Waals surface area contributed by atoms with Crippen molar-refractivity contribution in [1.29, 1.82) is 0 Å². The van der Waals surface area contributed by atoms with Crippen LogP contribution < -0.4 is 0 Å². The third-order valence-electron chi connectivity index (χ3n) is 13.7. The summed E-state index contributed by atoms with van der Waals surface area (Å²) in [4.78, 5) is 51.2. The lowest BCUT2D eigenvalue weighted by atomic mass is 9.98. The van der Waals surface area contributed by atoms with Crippen LogP contribution in [0.3, 0.4) is 0 Å². The summed E-state index contributed by atoms with van der Waals surface area (Å²) in [5.74, 6) is -3.17. The minimum Gasteiger partial charge on any atom is -0.479 e. The minimum atomic E-state index is -1.91. The molecule has 3 N–H and O–H groups in total. The molecule has 0 spiro atoms. The second-order valence-electron chi connectivity index (χ2n) is 20.9. The quantitative estimate of drug-likeness (QED) is 0.0228. The van der Waals surface area contributed by atoms with Crippen molar-refractivity contribution in [1.82, 2.24) is 0 Å². The van der Waals surface area contributed by atoms with Gasteiger partial charge in [-0.1, -0.05) is 209 Å². The number of aliphatic carboxylic acids is 1. The molecule has 1 rings (SSSR count). The molecule has 0 bridgehead atoms. The van der Waals surface area contributed by atoms with Crippen LogP contribution in [0.2, 0.25) is 0 Å². The number of unbranched alkanes of at least 4 members (excludes halogenated alkanes) is 26. The molecule has 0 aromatic rings. The molecule has 1 aliphatic heterocycles. The van der Waals surface area contributed by atoms with Crippen molar-refractivity contribution in [2.24, 2.45) is 0 Å². The van der Waals surface area contributed by atoms with Crippen LogP contribution in [0.5, 0.6) is 0 Å². The monoisotopic (exact) mass is 1080 g/mol. The molecule has 0 aromatic heterocycles. The molecule has 0 amide bonds. The summed E-state index contributed by atoms with van der Waals surface area (Å²) in [6, 6.07) is 0. The van der Waals surface area contributed by atoms with Gasteiger partial charge in [0.05, 0.1) is 6.61 Å². The molecule has 1 heterocycles. The van der Waals surface area contributed by atoms with Crippen LogP contribution in [0, 0.1) is 0 Å². The molecule has 1 aliphatic rings. The number of rotatable bonds is 52. The number of carboxylic acids is 1. The van der Waals surface area contributed by atoms with Gasteiger partial charge in [-0.2, -0.15) is 0 Å². The second-order valence-corrected chi connectivity index (χ2v) is 20.9. The Kier molecular flexibility index (Phi) is 48.8. The van der Waals surface area contributed by atoms with Crippen molar-refractivity contribution < 1.29 is 58.2 Å². The maximum atomic E-state index is 13.1. The van der Waals surface area contributed by atoms with Gasteiger partial charge in [-0.3, -0.25) is 14.4 Å². The summed E-state index contributed by atoms with van der Waals surface area (Å²) in [5, 5.41) is 31.5. The van der Waals surface area contributed by atoms with Crippen LogP contribution in [0.4, 0.5) is 0 Å². The molecule has 0 saturated carbocycles. The predicted molar refractivity (Wildman–Crippen MR) is 312 cm³/mol. The van der Waals surface area contributed by atoms with Crippen molar-refractivity contribution in [3.63, 3.8) is 0 Å². The average molecular weight is 1080 g/mol. The van der Waals surface area contributed by atoms with E-state index >= 15 is 0 Å². The number of carbonyl (C=O) groups is 4. The van der Waals surface area contributed by atoms with E-state index in [9.17, 15) is 34.5 Å². The van der Waals surface area contributed by atoms with E-state index in [1.165, 1.54) is 96.3 Å². The van der Waals surface area contributed by atoms with Gasteiger partial charge in [0.15, 0.2) is 24.6 Å². The van der Waals surface area contributed by atoms with Gasteiger partial charge in [0.1, 0.15) is 18.8 Å². The normalized spacial score (nSPS) is 18.5. The Balaban J connectivity index is 2.68. The van der Waals surface area contributed by atoms with Crippen molar-refractivity contribution in [2.45, 2.75) is 302 Å². The Morgan fingerprint density at radius 2 is 0.818 bits per heavy atom. The molecule has 6 unspecified atom stereocenters. The summed E-state index contributed by atoms with van der Waals surface area (Å²) in [7, 11) is 0. The molecule has 6 atom stereocenters. The van der Waals surface area contributed by atoms with Crippen LogP contribution in [0.25, 0.3) is 0 Å². The number of carbonyl (C=O) groups excluding carboxylic acids is 3. The van der Waals surface area contributed by atoms with Crippen LogP contribution in [0.1, 0.15) is 265 Å². The standard InChI is InChI=1S/C65H110O12/c1-4-7-10-13-16-19-22-25-27-28-29-30-32-34-36-39-42-45-48-51-57(66)73-54-56(75-58(67)52-49-46-43-40-37-33-24-21-18-15-12-9-6-3)55-74-65-63(61(70)60(69)62(77-65)64(71)72)76-59(68)53-50-47-44-41-38-35-31-26-23-20-17-14-11-8-5-2/h9,12,16,18-19,21,25-27,31,33,37,56,60-63,65,69-70H,4-8,10-11,13-15,17,20,22-24,28-30,32,34-36,38-55H2,1-3H3,(H,71,72)/b12-9-,19-16-,21-18-,27-25-,31-26-,37-33-. The maximum absolute atomic E-state index is 13.1. The van der Waals surface area contributed by atoms with Crippen molar-refractivity contribution in [2.75, 3.05) is 13.2 Å². The number of ether oxygens (including phenoxy) is 5. The highest BCUT2D eigenvalue weighted by molar-refractivity contribution is 5.74. The molecule has 1 fully saturated rings. The number of aliphatic hydroxyl groups is 2. The maximum Gasteiger partial charge on any atom is 0.335 e. The van der Waals surface area contributed by atoms with Crippen LogP contribution in [-0.4, -0.2) is 89.2 Å². The zero-order valence-electron chi connectivity index (χ0n) is 48.7. The molecule has 12 nitrogen and oxygen atoms in total. The fourth-order valence-electron chi connectivity index (χ4n) is 9.00. The second kappa shape index (κ2) is 52.8. The molecule has 12 heteroatoms. The number of allylic oxidation sites excluding steroid dienone is 12. The summed E-state index contributed by atoms with van der Waals surface area (Å²) < 4.78 is 28.4. The van der Waals surface area contributed by atoms with E-state index in [0.29, 0.717) is 19.3 Å². The van der Waals surface area contributed by atoms with Gasteiger partial charge in [0.25, 0.3) is 0 Å². The largest absolute Gasteiger partial charge is 0.479 e. The van der Waals surface area contributed by atoms with Gasteiger partial charge in [-0.25, -0.2) is 4.79 Å². The fourth-order valence-corrected chi connectivity index (χ4v) is 9.00. The third kappa shape index (κ3) is 42.7. The zero-order chi connectivity index (χ0) is 56.1. The Morgan fingerprint density at radius 3 is 1.30 bits per heavy atom. The fraction of sp³-hybridized carbons (Fsp3) is 0.754. The van der Waals surface area contributed by atoms with Crippen LogP contribution in [-0.2, 0) is 42.9 Å². The molecule has 77 heavy (non-hydrogen) atoms. The predicted octanol–water partition coefficient (Wildman–Crippen LogP) is 16.1. The van der Waals surface area contributed by atoms with Gasteiger partial charge in [0, 0.05) is 19.3 Å². The zero-order valence-corrected chi connectivity index (χ0v) is 48.7. The number of hydrogen-bond donors (Lipinski definition) is 3. The highest BCUT2D eigenvalue weighted by Crippen LogP contribution is 2.26. The van der Waals surface area contributed by atoms with Gasteiger partial charge < -0.3 is 39.0 Å². The molecule has 0 aliphatic carbocycles. The lowest BCUT2D eigenvalue weighted by Gasteiger charge is -2.40. The number of esters is 3. The lowest BCUT2D eigenvalue weighted by Crippen LogP contribution is -2.61. The first-order valence-electron chi connectivity index (χ1n) is 30.9. The molecular formula is C65H110O12. The van der Waals surface area contributed by atoms with Crippen molar-refractivity contribution in [3.05, 3.63) is 72.9 Å². The van der Waals surface area contributed by atoms with Gasteiger partial charge in [0.2, 0.25) is 0 Å². The van der Waals surface area contributed by atoms with Gasteiger partial charge in [-0.05, 0) is 109 Å². The first-order valence-corrected chi connectivity index (χ1v) is 30.9. The number of aliphatic hydroxyl groups excluding tert-OH is 2. The Bertz CT molecular complexity index is 1620. The molecule has 442 valence electrons. The van der Waals surface area contributed by atoms with E-state index in [4.69, 9.17) is 23.7 Å². The van der Waals surface area contributed by atoms with E-state index in [1.54, 1.807) is 0 Å². The smallest absolute Gasteiger partial charge is 0.335 e. The van der Waals surface area contributed by atoms with Crippen molar-refractivity contribution >= 4 is 23.9 Å². The summed E-state index contributed by atoms with van der Waals surface area (Å²) in [5.41, 5.74) is 0. The summed E-state index contributed by atoms with van der Waals surface area (Å²) >= 11 is 0. The van der Waals surface area contributed by atoms with E-state index in [2.05, 4.69) is 93.7 Å². The molecule has 0 aromatic carbocycles. The van der Waals surface area contributed by atoms with Crippen molar-refractivity contribution in [3.8, 4) is 0 Å². The van der Waals surface area contributed by atoms with E-state index < -0.39 is 67.3 Å². The Hall–Kier alpha value is -3.84. The SMILES string of the molecule is CC/C=C\C/C=C\C/C=C\CCCCCC(=O)OC(COC(=O)CCCCCCCCCCC/C=C\C/C=C\CCCCC)COC1OC(C(=O)O)C(O)C(O)C1OC(=O)CCCCCCC/C=C\CCCCCCCC. The Labute approximate surface area is 468 Å². The van der Waals surface area contributed by atoms with Crippen LogP contribution in [0.15, 0.2) is 72.9 Å². The van der Waals surface area contributed by atoms with E-state index in [1.807, 2.05) is 0 Å². The first kappa shape index (κ1) is 71.2. The number of hydrogen-bond acceptors (Lipinski definition) is 11. The topological polar surface area (TPSA) is 175 Å². The highest BCUT2D eigenvalue weighted by Gasteiger charge is 2.50. The van der Waals surface area contributed by atoms with Gasteiger partial charge >= 0.3 is 23.9 Å². The van der Waals surface area contributed by atoms with E-state index in [0.717, 1.165) is 109 Å². The lowest BCUT2D eigenvalue weighted by molar-refractivity contribution is -0.301. The third-order valence-corrected chi connectivity index (χ3v) is 13.7. The van der Waals surface area contributed by atoms with E-state index in [-0.39, 0.29) is 25.9 Å². The first-order chi connectivity index (χ1) is 37.6. The molecular weight excluding hydrogens is 973 g/mol. The molecule has 0 radical (unpaired) electrons. The molecule has 1 saturated heterocycles. The highest BCUT2D eigenvalue weighted by atomic mass is 16.7. The van der Waals surface area contributed by atoms with Crippen LogP contribution >= 0.6 is 0 Å². The Morgan fingerprint density at radius 1 is 0.442 bits per heavy atom. The van der Waals surface area contributed by atoms with Gasteiger partial charge in [-0.15, -0.1) is 0 Å². The number of carboxylic acid groups (broad SMARTS) is 1. The minimum absolute atomic E-state index is 0.0455. The summed E-state index contributed by atoms with van der Waals surface area (Å²) in [6.45, 7) is 5.83. The summed E-state index contributed by atoms with van der Waals surface area (Å²) in [6.07, 6.45) is 54.4. The average Bonchev–Trinajstić information content (AvgIpc) is 3.42.